The van der Waals surface area contributed by atoms with Crippen LogP contribution in [-0.4, -0.2) is 24.8 Å². The third kappa shape index (κ3) is 4.14. The number of carbonyl (C=O) groups excluding carboxylic acids is 2. The van der Waals surface area contributed by atoms with Crippen LogP contribution in [0.2, 0.25) is 0 Å². The van der Waals surface area contributed by atoms with Gasteiger partial charge < -0.3 is 10.1 Å². The minimum Gasteiger partial charge on any atom is -0.480 e. The Morgan fingerprint density at radius 2 is 2.28 bits per heavy atom. The lowest BCUT2D eigenvalue weighted by atomic mass is 10.2. The number of benzene rings is 1. The van der Waals surface area contributed by atoms with Crippen molar-refractivity contribution in [3.05, 3.63) is 28.2 Å². The summed E-state index contributed by atoms with van der Waals surface area (Å²) in [6.07, 6.45) is 0.948. The van der Waals surface area contributed by atoms with Gasteiger partial charge in [-0.15, -0.1) is 0 Å². The molecule has 0 radical (unpaired) electrons. The van der Waals surface area contributed by atoms with Crippen LogP contribution in [0.1, 0.15) is 30.6 Å². The molecule has 0 fully saturated rings. The molecular formula is C13H16BrNO3. The molecule has 18 heavy (non-hydrogen) atoms. The predicted molar refractivity (Wildman–Crippen MR) is 72.9 cm³/mol. The first-order valence-electron chi connectivity index (χ1n) is 5.77. The van der Waals surface area contributed by atoms with Crippen molar-refractivity contribution in [2.24, 2.45) is 0 Å². The molecule has 98 valence electrons. The van der Waals surface area contributed by atoms with Gasteiger partial charge in [0, 0.05) is 11.0 Å². The second-order valence-electron chi connectivity index (χ2n) is 3.85. The normalized spacial score (nSPS) is 11.7. The first-order chi connectivity index (χ1) is 8.58. The Kier molecular flexibility index (Phi) is 5.85. The standard InChI is InChI=1S/C13H16BrNO3/c1-3-6-15-13(17)9(2)18-12-5-4-11(14)7-10(12)8-16/h4-5,7-9H,3,6H2,1-2H3,(H,15,17). The SMILES string of the molecule is CCCNC(=O)C(C)Oc1ccc(Br)cc1C=O. The van der Waals surface area contributed by atoms with Gasteiger partial charge in [-0.1, -0.05) is 22.9 Å². The van der Waals surface area contributed by atoms with Crippen LogP contribution in [0.3, 0.4) is 0 Å². The van der Waals surface area contributed by atoms with E-state index in [1.807, 2.05) is 6.92 Å². The molecule has 0 saturated heterocycles. The zero-order valence-corrected chi connectivity index (χ0v) is 12.0. The number of aldehydes is 1. The van der Waals surface area contributed by atoms with E-state index in [1.54, 1.807) is 25.1 Å². The maximum absolute atomic E-state index is 11.6. The summed E-state index contributed by atoms with van der Waals surface area (Å²) in [5.41, 5.74) is 0.416. The van der Waals surface area contributed by atoms with Gasteiger partial charge in [0.25, 0.3) is 5.91 Å². The van der Waals surface area contributed by atoms with Crippen LogP contribution >= 0.6 is 15.9 Å². The van der Waals surface area contributed by atoms with Crippen LogP contribution in [0, 0.1) is 0 Å². The molecule has 1 rings (SSSR count). The van der Waals surface area contributed by atoms with Gasteiger partial charge in [-0.05, 0) is 31.5 Å². The lowest BCUT2D eigenvalue weighted by Crippen LogP contribution is -2.36. The summed E-state index contributed by atoms with van der Waals surface area (Å²) in [6, 6.07) is 5.08. The van der Waals surface area contributed by atoms with Crippen molar-refractivity contribution >= 4 is 28.1 Å². The van der Waals surface area contributed by atoms with E-state index in [2.05, 4.69) is 21.2 Å². The number of hydrogen-bond acceptors (Lipinski definition) is 3. The summed E-state index contributed by atoms with van der Waals surface area (Å²) in [5, 5.41) is 2.74. The van der Waals surface area contributed by atoms with Gasteiger partial charge in [-0.3, -0.25) is 9.59 Å². The molecule has 1 N–H and O–H groups in total. The van der Waals surface area contributed by atoms with Gasteiger partial charge in [0.1, 0.15) is 5.75 Å². The summed E-state index contributed by atoms with van der Waals surface area (Å²) < 4.78 is 6.28. The van der Waals surface area contributed by atoms with Gasteiger partial charge in [-0.25, -0.2) is 0 Å². The number of amides is 1. The minimum absolute atomic E-state index is 0.184. The average Bonchev–Trinajstić information content (AvgIpc) is 2.37. The van der Waals surface area contributed by atoms with Crippen molar-refractivity contribution < 1.29 is 14.3 Å². The van der Waals surface area contributed by atoms with E-state index in [0.717, 1.165) is 10.9 Å². The van der Waals surface area contributed by atoms with Crippen molar-refractivity contribution in [2.45, 2.75) is 26.4 Å². The van der Waals surface area contributed by atoms with Gasteiger partial charge in [0.2, 0.25) is 0 Å². The summed E-state index contributed by atoms with van der Waals surface area (Å²) >= 11 is 3.27. The molecule has 0 bridgehead atoms. The molecule has 4 nitrogen and oxygen atoms in total. The number of rotatable bonds is 6. The van der Waals surface area contributed by atoms with Gasteiger partial charge in [0.15, 0.2) is 12.4 Å². The number of nitrogens with one attached hydrogen (secondary N) is 1. The molecule has 0 aromatic heterocycles. The maximum atomic E-state index is 11.6. The zero-order chi connectivity index (χ0) is 13.5. The lowest BCUT2D eigenvalue weighted by molar-refractivity contribution is -0.127. The fourth-order valence-electron chi connectivity index (χ4n) is 1.35. The average molecular weight is 314 g/mol. The van der Waals surface area contributed by atoms with Crippen molar-refractivity contribution in [1.29, 1.82) is 0 Å². The zero-order valence-electron chi connectivity index (χ0n) is 10.4. The molecule has 0 heterocycles. The molecule has 0 spiro atoms. The highest BCUT2D eigenvalue weighted by atomic mass is 79.9. The van der Waals surface area contributed by atoms with Crippen molar-refractivity contribution in [3.63, 3.8) is 0 Å². The summed E-state index contributed by atoms with van der Waals surface area (Å²) in [7, 11) is 0. The van der Waals surface area contributed by atoms with Crippen LogP contribution in [0.25, 0.3) is 0 Å². The minimum atomic E-state index is -0.628. The second-order valence-corrected chi connectivity index (χ2v) is 4.77. The first-order valence-corrected chi connectivity index (χ1v) is 6.57. The second kappa shape index (κ2) is 7.16. The number of ether oxygens (including phenoxy) is 1. The smallest absolute Gasteiger partial charge is 0.260 e. The molecular weight excluding hydrogens is 298 g/mol. The highest BCUT2D eigenvalue weighted by Crippen LogP contribution is 2.22. The quantitative estimate of drug-likeness (QED) is 0.821. The monoisotopic (exact) mass is 313 g/mol. The highest BCUT2D eigenvalue weighted by molar-refractivity contribution is 9.10. The third-order valence-electron chi connectivity index (χ3n) is 2.32. The van der Waals surface area contributed by atoms with Crippen molar-refractivity contribution in [3.8, 4) is 5.75 Å². The van der Waals surface area contributed by atoms with E-state index in [1.165, 1.54) is 0 Å². The summed E-state index contributed by atoms with van der Waals surface area (Å²) in [6.45, 7) is 4.25. The molecule has 0 saturated carbocycles. The van der Waals surface area contributed by atoms with Gasteiger partial charge in [-0.2, -0.15) is 0 Å². The van der Waals surface area contributed by atoms with Crippen LogP contribution in [0.15, 0.2) is 22.7 Å². The first kappa shape index (κ1) is 14.7. The Hall–Kier alpha value is -1.36. The highest BCUT2D eigenvalue weighted by Gasteiger charge is 2.15. The Balaban J connectivity index is 2.72. The Bertz CT molecular complexity index is 434. The Morgan fingerprint density at radius 3 is 2.89 bits per heavy atom. The Morgan fingerprint density at radius 1 is 1.56 bits per heavy atom. The van der Waals surface area contributed by atoms with E-state index < -0.39 is 6.10 Å². The number of carbonyl (C=O) groups is 2. The van der Waals surface area contributed by atoms with E-state index in [9.17, 15) is 9.59 Å². The van der Waals surface area contributed by atoms with E-state index in [-0.39, 0.29) is 5.91 Å². The third-order valence-corrected chi connectivity index (χ3v) is 2.81. The molecule has 0 aliphatic heterocycles. The topological polar surface area (TPSA) is 55.4 Å². The predicted octanol–water partition coefficient (Wildman–Crippen LogP) is 2.56. The fraction of sp³-hybridized carbons (Fsp3) is 0.385. The molecule has 1 amide bonds. The molecule has 1 aromatic carbocycles. The van der Waals surface area contributed by atoms with Gasteiger partial charge in [0.05, 0.1) is 5.56 Å². The van der Waals surface area contributed by atoms with Crippen LogP contribution in [-0.2, 0) is 4.79 Å². The van der Waals surface area contributed by atoms with E-state index in [0.29, 0.717) is 24.1 Å². The number of halogens is 1. The molecule has 0 aliphatic rings. The van der Waals surface area contributed by atoms with Crippen LogP contribution in [0.5, 0.6) is 5.75 Å². The summed E-state index contributed by atoms with van der Waals surface area (Å²) in [5.74, 6) is 0.226. The largest absolute Gasteiger partial charge is 0.480 e. The molecule has 1 unspecified atom stereocenters. The van der Waals surface area contributed by atoms with Crippen molar-refractivity contribution in [1.82, 2.24) is 5.32 Å². The Labute approximate surface area is 115 Å². The van der Waals surface area contributed by atoms with Crippen LogP contribution in [0.4, 0.5) is 0 Å². The van der Waals surface area contributed by atoms with Crippen molar-refractivity contribution in [2.75, 3.05) is 6.54 Å². The van der Waals surface area contributed by atoms with E-state index in [4.69, 9.17) is 4.74 Å². The lowest BCUT2D eigenvalue weighted by Gasteiger charge is -2.15. The van der Waals surface area contributed by atoms with Gasteiger partial charge >= 0.3 is 0 Å². The molecule has 1 atom stereocenters. The van der Waals surface area contributed by atoms with E-state index >= 15 is 0 Å². The van der Waals surface area contributed by atoms with Crippen LogP contribution < -0.4 is 10.1 Å². The fourth-order valence-corrected chi connectivity index (χ4v) is 1.73. The summed E-state index contributed by atoms with van der Waals surface area (Å²) in [4.78, 5) is 22.5. The molecule has 0 aliphatic carbocycles. The molecule has 1 aromatic rings. The number of hydrogen-bond donors (Lipinski definition) is 1. The molecule has 5 heteroatoms. The maximum Gasteiger partial charge on any atom is 0.260 e.